The summed E-state index contributed by atoms with van der Waals surface area (Å²) in [6, 6.07) is 9.57. The zero-order valence-corrected chi connectivity index (χ0v) is 16.0. The lowest BCUT2D eigenvalue weighted by Gasteiger charge is -2.19. The number of nitro benzene ring substituents is 1. The third-order valence-corrected chi connectivity index (χ3v) is 4.36. The molecule has 0 aliphatic carbocycles. The van der Waals surface area contributed by atoms with Crippen LogP contribution in [-0.4, -0.2) is 36.1 Å². The average molecular weight is 400 g/mol. The third-order valence-electron chi connectivity index (χ3n) is 4.36. The van der Waals surface area contributed by atoms with Crippen molar-refractivity contribution in [3.63, 3.8) is 0 Å². The van der Waals surface area contributed by atoms with Crippen molar-refractivity contribution >= 4 is 23.3 Å². The minimum atomic E-state index is -1.17. The fourth-order valence-corrected chi connectivity index (χ4v) is 2.74. The summed E-state index contributed by atoms with van der Waals surface area (Å²) in [7, 11) is 0. The van der Waals surface area contributed by atoms with Crippen molar-refractivity contribution in [2.75, 3.05) is 18.5 Å². The maximum atomic E-state index is 12.5. The zero-order valence-electron chi connectivity index (χ0n) is 16.0. The van der Waals surface area contributed by atoms with Gasteiger partial charge in [-0.3, -0.25) is 14.9 Å². The van der Waals surface area contributed by atoms with Crippen molar-refractivity contribution in [3.8, 4) is 11.5 Å². The summed E-state index contributed by atoms with van der Waals surface area (Å²) in [5.41, 5.74) is 0.877. The monoisotopic (exact) mass is 400 g/mol. The molecule has 0 radical (unpaired) electrons. The molecule has 2 aromatic rings. The first kappa shape index (κ1) is 20.1. The number of fused-ring (bicyclic) bond motifs is 1. The first-order chi connectivity index (χ1) is 13.9. The number of aryl methyl sites for hydroxylation is 1. The Morgan fingerprint density at radius 1 is 1.17 bits per heavy atom. The summed E-state index contributed by atoms with van der Waals surface area (Å²) >= 11 is 0. The number of anilines is 1. The number of nitrogens with one attached hydrogen (secondary N) is 1. The lowest BCUT2D eigenvalue weighted by molar-refractivity contribution is -0.385. The van der Waals surface area contributed by atoms with Crippen LogP contribution < -0.4 is 14.8 Å². The first-order valence-corrected chi connectivity index (χ1v) is 9.08. The lowest BCUT2D eigenvalue weighted by Crippen LogP contribution is -2.30. The molecule has 1 unspecified atom stereocenters. The number of hydrogen-bond donors (Lipinski definition) is 1. The van der Waals surface area contributed by atoms with E-state index >= 15 is 0 Å². The molecule has 9 heteroatoms. The van der Waals surface area contributed by atoms with Crippen molar-refractivity contribution in [3.05, 3.63) is 57.6 Å². The van der Waals surface area contributed by atoms with E-state index in [-0.39, 0.29) is 30.3 Å². The van der Waals surface area contributed by atoms with Crippen molar-refractivity contribution in [2.45, 2.75) is 26.4 Å². The fraction of sp³-hybridized carbons (Fsp3) is 0.300. The topological polar surface area (TPSA) is 117 Å². The van der Waals surface area contributed by atoms with E-state index in [2.05, 4.69) is 5.32 Å². The van der Waals surface area contributed by atoms with Gasteiger partial charge in [0.1, 0.15) is 18.8 Å². The predicted octanol–water partition coefficient (Wildman–Crippen LogP) is 3.11. The van der Waals surface area contributed by atoms with Crippen LogP contribution in [0.3, 0.4) is 0 Å². The van der Waals surface area contributed by atoms with Gasteiger partial charge in [0.15, 0.2) is 17.6 Å². The maximum Gasteiger partial charge on any atom is 0.346 e. The lowest BCUT2D eigenvalue weighted by atomic mass is 10.1. The van der Waals surface area contributed by atoms with Gasteiger partial charge in [-0.05, 0) is 31.0 Å². The Balaban J connectivity index is 1.73. The Hall–Kier alpha value is -3.62. The minimum absolute atomic E-state index is 0.181. The zero-order chi connectivity index (χ0) is 21.0. The molecule has 9 nitrogen and oxygen atoms in total. The number of esters is 1. The molecule has 1 atom stereocenters. The van der Waals surface area contributed by atoms with Crippen LogP contribution in [-0.2, 0) is 16.0 Å². The van der Waals surface area contributed by atoms with Gasteiger partial charge >= 0.3 is 5.97 Å². The highest BCUT2D eigenvalue weighted by molar-refractivity contribution is 5.99. The van der Waals surface area contributed by atoms with Crippen LogP contribution in [0.15, 0.2) is 36.4 Å². The summed E-state index contributed by atoms with van der Waals surface area (Å²) < 4.78 is 15.8. The average Bonchev–Trinajstić information content (AvgIpc) is 2.73. The number of benzene rings is 2. The van der Waals surface area contributed by atoms with Gasteiger partial charge in [-0.25, -0.2) is 4.79 Å². The van der Waals surface area contributed by atoms with Crippen LogP contribution in [0.1, 0.15) is 29.8 Å². The normalized spacial score (nSPS) is 13.3. The molecule has 0 spiro atoms. The molecular weight excluding hydrogens is 380 g/mol. The van der Waals surface area contributed by atoms with Crippen LogP contribution in [0.5, 0.6) is 11.5 Å². The molecule has 152 valence electrons. The second kappa shape index (κ2) is 8.59. The standard InChI is InChI=1S/C20H20N2O7/c1-3-13-4-6-14(7-5-13)21-19(23)12(2)29-20(24)15-10-17-18(28-9-8-27-17)11-16(15)22(25)26/h4-7,10-12H,3,8-9H2,1-2H3,(H,21,23). The number of nitrogens with zero attached hydrogens (tertiary/aromatic N) is 1. The Kier molecular flexibility index (Phi) is 5.96. The molecule has 0 saturated heterocycles. The molecule has 1 heterocycles. The van der Waals surface area contributed by atoms with E-state index in [0.29, 0.717) is 5.69 Å². The van der Waals surface area contributed by atoms with Crippen LogP contribution in [0, 0.1) is 10.1 Å². The van der Waals surface area contributed by atoms with E-state index < -0.39 is 28.6 Å². The van der Waals surface area contributed by atoms with E-state index in [1.54, 1.807) is 12.1 Å². The minimum Gasteiger partial charge on any atom is -0.486 e. The van der Waals surface area contributed by atoms with Gasteiger partial charge in [0.2, 0.25) is 0 Å². The number of hydrogen-bond acceptors (Lipinski definition) is 7. The predicted molar refractivity (Wildman–Crippen MR) is 103 cm³/mol. The highest BCUT2D eigenvalue weighted by Crippen LogP contribution is 2.37. The fourth-order valence-electron chi connectivity index (χ4n) is 2.74. The number of rotatable bonds is 6. The summed E-state index contributed by atoms with van der Waals surface area (Å²) in [6.07, 6.45) is -0.294. The third kappa shape index (κ3) is 4.63. The quantitative estimate of drug-likeness (QED) is 0.450. The molecule has 1 aliphatic heterocycles. The number of amides is 1. The highest BCUT2D eigenvalue weighted by Gasteiger charge is 2.29. The molecule has 1 N–H and O–H groups in total. The summed E-state index contributed by atoms with van der Waals surface area (Å²) in [6.45, 7) is 3.92. The molecule has 2 aromatic carbocycles. The Morgan fingerprint density at radius 3 is 2.38 bits per heavy atom. The van der Waals surface area contributed by atoms with Gasteiger partial charge in [-0.1, -0.05) is 19.1 Å². The van der Waals surface area contributed by atoms with Gasteiger partial charge in [-0.15, -0.1) is 0 Å². The van der Waals surface area contributed by atoms with E-state index in [9.17, 15) is 19.7 Å². The van der Waals surface area contributed by atoms with Crippen LogP contribution in [0.4, 0.5) is 11.4 Å². The Labute approximate surface area is 166 Å². The number of carbonyl (C=O) groups excluding carboxylic acids is 2. The smallest absolute Gasteiger partial charge is 0.346 e. The number of nitro groups is 1. The number of ether oxygens (including phenoxy) is 3. The van der Waals surface area contributed by atoms with Crippen LogP contribution in [0.2, 0.25) is 0 Å². The molecule has 29 heavy (non-hydrogen) atoms. The van der Waals surface area contributed by atoms with Crippen molar-refractivity contribution in [2.24, 2.45) is 0 Å². The van der Waals surface area contributed by atoms with E-state index in [1.165, 1.54) is 13.0 Å². The summed E-state index contributed by atoms with van der Waals surface area (Å²) in [4.78, 5) is 35.5. The molecule has 0 aromatic heterocycles. The molecule has 0 fully saturated rings. The van der Waals surface area contributed by atoms with Crippen molar-refractivity contribution in [1.29, 1.82) is 0 Å². The largest absolute Gasteiger partial charge is 0.486 e. The molecule has 0 saturated carbocycles. The number of carbonyl (C=O) groups is 2. The van der Waals surface area contributed by atoms with Gasteiger partial charge < -0.3 is 19.5 Å². The molecule has 3 rings (SSSR count). The van der Waals surface area contributed by atoms with Crippen LogP contribution in [0.25, 0.3) is 0 Å². The molecule has 0 bridgehead atoms. The van der Waals surface area contributed by atoms with Gasteiger partial charge in [0, 0.05) is 11.8 Å². The summed E-state index contributed by atoms with van der Waals surface area (Å²) in [5.74, 6) is -1.16. The highest BCUT2D eigenvalue weighted by atomic mass is 16.6. The Bertz CT molecular complexity index is 941. The SMILES string of the molecule is CCc1ccc(NC(=O)C(C)OC(=O)c2cc3c(cc2[N+](=O)[O-])OCCO3)cc1. The van der Waals surface area contributed by atoms with Gasteiger partial charge in [0.05, 0.1) is 11.0 Å². The van der Waals surface area contributed by atoms with E-state index in [1.807, 2.05) is 19.1 Å². The second-order valence-corrected chi connectivity index (χ2v) is 6.36. The van der Waals surface area contributed by atoms with Gasteiger partial charge in [-0.2, -0.15) is 0 Å². The molecule has 1 aliphatic rings. The Morgan fingerprint density at radius 2 is 1.79 bits per heavy atom. The second-order valence-electron chi connectivity index (χ2n) is 6.36. The maximum absolute atomic E-state index is 12.5. The van der Waals surface area contributed by atoms with Crippen LogP contribution >= 0.6 is 0 Å². The van der Waals surface area contributed by atoms with Crippen molar-refractivity contribution < 1.29 is 28.7 Å². The molecule has 1 amide bonds. The van der Waals surface area contributed by atoms with Gasteiger partial charge in [0.25, 0.3) is 11.6 Å². The van der Waals surface area contributed by atoms with Crippen molar-refractivity contribution in [1.82, 2.24) is 0 Å². The molecular formula is C20H20N2O7. The van der Waals surface area contributed by atoms with E-state index in [4.69, 9.17) is 14.2 Å². The van der Waals surface area contributed by atoms with E-state index in [0.717, 1.165) is 18.1 Å². The first-order valence-electron chi connectivity index (χ1n) is 9.08. The summed E-state index contributed by atoms with van der Waals surface area (Å²) in [5, 5.41) is 14.0.